The maximum absolute atomic E-state index is 3.80. The van der Waals surface area contributed by atoms with E-state index in [9.17, 15) is 0 Å². The van der Waals surface area contributed by atoms with Crippen molar-refractivity contribution in [1.29, 1.82) is 0 Å². The van der Waals surface area contributed by atoms with E-state index in [4.69, 9.17) is 0 Å². The van der Waals surface area contributed by atoms with Gasteiger partial charge in [0.15, 0.2) is 0 Å². The quantitative estimate of drug-likeness (QED) is 0.893. The maximum Gasteiger partial charge on any atom is 0.0237 e. The van der Waals surface area contributed by atoms with Crippen molar-refractivity contribution in [3.05, 3.63) is 71.3 Å². The second kappa shape index (κ2) is 8.46. The molecule has 1 aliphatic carbocycles. The lowest BCUT2D eigenvalue weighted by molar-refractivity contribution is 0.0793. The summed E-state index contributed by atoms with van der Waals surface area (Å²) < 4.78 is 0. The summed E-state index contributed by atoms with van der Waals surface area (Å²) in [6.45, 7) is 7.47. The van der Waals surface area contributed by atoms with Crippen molar-refractivity contribution in [2.75, 3.05) is 13.1 Å². The fourth-order valence-electron chi connectivity index (χ4n) is 3.76. The van der Waals surface area contributed by atoms with Crippen LogP contribution in [0.4, 0.5) is 0 Å². The number of hydrogen-bond donors (Lipinski definition) is 1. The Bertz CT molecular complexity index is 598. The van der Waals surface area contributed by atoms with Crippen LogP contribution in [0.1, 0.15) is 37.0 Å². The highest BCUT2D eigenvalue weighted by Gasteiger charge is 2.29. The summed E-state index contributed by atoms with van der Waals surface area (Å²) in [5.41, 5.74) is 4.50. The van der Waals surface area contributed by atoms with E-state index in [-0.39, 0.29) is 0 Å². The molecule has 2 aromatic rings. The Balaban J connectivity index is 0.000000815. The van der Waals surface area contributed by atoms with Crippen molar-refractivity contribution in [3.63, 3.8) is 0 Å². The van der Waals surface area contributed by atoms with Gasteiger partial charge in [0.1, 0.15) is 0 Å². The van der Waals surface area contributed by atoms with E-state index in [1.54, 1.807) is 0 Å². The van der Waals surface area contributed by atoms with E-state index >= 15 is 0 Å². The smallest absolute Gasteiger partial charge is 0.0237 e. The Kier molecular flexibility index (Phi) is 6.06. The number of nitrogens with zero attached hydrogens (tertiary/aromatic N) is 1. The van der Waals surface area contributed by atoms with Gasteiger partial charge >= 0.3 is 0 Å². The molecule has 24 heavy (non-hydrogen) atoms. The molecule has 2 heteroatoms. The molecule has 0 spiro atoms. The molecule has 1 fully saturated rings. The zero-order valence-electron chi connectivity index (χ0n) is 15.0. The van der Waals surface area contributed by atoms with Gasteiger partial charge in [-0.15, -0.1) is 0 Å². The largest absolute Gasteiger partial charge is 0.312 e. The van der Waals surface area contributed by atoms with Crippen LogP contribution in [-0.2, 0) is 19.4 Å². The molecule has 1 heterocycles. The van der Waals surface area contributed by atoms with E-state index in [1.165, 1.54) is 42.5 Å². The summed E-state index contributed by atoms with van der Waals surface area (Å²) in [6.07, 6.45) is 3.72. The Morgan fingerprint density at radius 3 is 2.12 bits per heavy atom. The zero-order valence-corrected chi connectivity index (χ0v) is 15.0. The molecule has 1 N–H and O–H groups in total. The standard InChI is InChI=1S/C20H24N2.C2H6/c1-2-6-16(7-3-1)15-22-11-10-20(22)14-21-19-12-17-8-4-5-9-18(17)13-19;1-2/h1-9,19-21H,10-15H2;1-2H3. The predicted molar refractivity (Wildman–Crippen MR) is 102 cm³/mol. The third-order valence-corrected chi connectivity index (χ3v) is 5.19. The molecule has 2 aromatic carbocycles. The van der Waals surface area contributed by atoms with Crippen molar-refractivity contribution in [1.82, 2.24) is 10.2 Å². The van der Waals surface area contributed by atoms with Gasteiger partial charge in [0.25, 0.3) is 0 Å². The van der Waals surface area contributed by atoms with Gasteiger partial charge in [0.2, 0.25) is 0 Å². The van der Waals surface area contributed by atoms with Crippen LogP contribution in [0.25, 0.3) is 0 Å². The molecule has 1 saturated heterocycles. The molecule has 2 aliphatic rings. The first kappa shape index (κ1) is 17.2. The van der Waals surface area contributed by atoms with Crippen molar-refractivity contribution in [3.8, 4) is 0 Å². The lowest BCUT2D eigenvalue weighted by Crippen LogP contribution is -2.53. The number of rotatable bonds is 5. The van der Waals surface area contributed by atoms with Crippen molar-refractivity contribution in [2.24, 2.45) is 0 Å². The van der Waals surface area contributed by atoms with Crippen LogP contribution < -0.4 is 5.32 Å². The minimum atomic E-state index is 0.636. The zero-order chi connectivity index (χ0) is 16.8. The molecular weight excluding hydrogens is 292 g/mol. The SMILES string of the molecule is CC.c1ccc(CN2CCC2CNC2Cc3ccccc3C2)cc1. The van der Waals surface area contributed by atoms with E-state index < -0.39 is 0 Å². The van der Waals surface area contributed by atoms with Crippen molar-refractivity contribution < 1.29 is 0 Å². The molecule has 128 valence electrons. The normalized spacial score (nSPS) is 20.0. The average molecular weight is 322 g/mol. The van der Waals surface area contributed by atoms with Crippen LogP contribution >= 0.6 is 0 Å². The molecule has 2 nitrogen and oxygen atoms in total. The fraction of sp³-hybridized carbons (Fsp3) is 0.455. The summed E-state index contributed by atoms with van der Waals surface area (Å²) in [4.78, 5) is 2.60. The van der Waals surface area contributed by atoms with Gasteiger partial charge in [-0.25, -0.2) is 0 Å². The molecule has 1 unspecified atom stereocenters. The molecule has 0 aromatic heterocycles. The van der Waals surface area contributed by atoms with E-state index in [0.29, 0.717) is 12.1 Å². The van der Waals surface area contributed by atoms with Crippen LogP contribution in [0.15, 0.2) is 54.6 Å². The van der Waals surface area contributed by atoms with Crippen LogP contribution in [0, 0.1) is 0 Å². The number of likely N-dealkylation sites (tertiary alicyclic amines) is 1. The first-order chi connectivity index (χ1) is 11.9. The molecule has 0 radical (unpaired) electrons. The van der Waals surface area contributed by atoms with E-state index in [2.05, 4.69) is 64.8 Å². The number of hydrogen-bond acceptors (Lipinski definition) is 2. The summed E-state index contributed by atoms with van der Waals surface area (Å²) in [5, 5.41) is 3.80. The van der Waals surface area contributed by atoms with E-state index in [1.807, 2.05) is 13.8 Å². The lowest BCUT2D eigenvalue weighted by Gasteiger charge is -2.41. The van der Waals surface area contributed by atoms with Crippen LogP contribution in [0.5, 0.6) is 0 Å². The second-order valence-electron chi connectivity index (χ2n) is 6.68. The molecule has 1 atom stereocenters. The van der Waals surface area contributed by atoms with Gasteiger partial charge in [-0.05, 0) is 36.0 Å². The highest BCUT2D eigenvalue weighted by molar-refractivity contribution is 5.33. The molecule has 0 saturated carbocycles. The lowest BCUT2D eigenvalue weighted by atomic mass is 10.0. The topological polar surface area (TPSA) is 15.3 Å². The Morgan fingerprint density at radius 1 is 0.917 bits per heavy atom. The van der Waals surface area contributed by atoms with Crippen LogP contribution in [-0.4, -0.2) is 30.1 Å². The minimum Gasteiger partial charge on any atom is -0.312 e. The van der Waals surface area contributed by atoms with Crippen LogP contribution in [0.2, 0.25) is 0 Å². The highest BCUT2D eigenvalue weighted by atomic mass is 15.2. The minimum absolute atomic E-state index is 0.636. The number of benzene rings is 2. The third kappa shape index (κ3) is 4.06. The highest BCUT2D eigenvalue weighted by Crippen LogP contribution is 2.23. The average Bonchev–Trinajstić information content (AvgIpc) is 3.04. The number of fused-ring (bicyclic) bond motifs is 1. The Labute approximate surface area is 146 Å². The summed E-state index contributed by atoms with van der Waals surface area (Å²) in [7, 11) is 0. The second-order valence-corrected chi connectivity index (χ2v) is 6.68. The van der Waals surface area contributed by atoms with E-state index in [0.717, 1.165) is 13.1 Å². The first-order valence-corrected chi connectivity index (χ1v) is 9.46. The third-order valence-electron chi connectivity index (χ3n) is 5.19. The van der Waals surface area contributed by atoms with Gasteiger partial charge in [-0.2, -0.15) is 0 Å². The predicted octanol–water partition coefficient (Wildman–Crippen LogP) is 4.04. The molecular formula is C22H30N2. The van der Waals surface area contributed by atoms with Gasteiger partial charge in [0, 0.05) is 31.7 Å². The van der Waals surface area contributed by atoms with Crippen molar-refractivity contribution in [2.45, 2.75) is 51.7 Å². The molecule has 0 bridgehead atoms. The van der Waals surface area contributed by atoms with Gasteiger partial charge in [0.05, 0.1) is 0 Å². The van der Waals surface area contributed by atoms with Crippen LogP contribution in [0.3, 0.4) is 0 Å². The molecule has 0 amide bonds. The van der Waals surface area contributed by atoms with Crippen molar-refractivity contribution >= 4 is 0 Å². The van der Waals surface area contributed by atoms with Gasteiger partial charge in [-0.3, -0.25) is 4.90 Å². The number of nitrogens with one attached hydrogen (secondary N) is 1. The fourth-order valence-corrected chi connectivity index (χ4v) is 3.76. The maximum atomic E-state index is 3.80. The monoisotopic (exact) mass is 322 g/mol. The summed E-state index contributed by atoms with van der Waals surface area (Å²) in [5.74, 6) is 0. The Morgan fingerprint density at radius 2 is 1.54 bits per heavy atom. The molecule has 1 aliphatic heterocycles. The van der Waals surface area contributed by atoms with Gasteiger partial charge < -0.3 is 5.32 Å². The molecule has 4 rings (SSSR count). The summed E-state index contributed by atoms with van der Waals surface area (Å²) in [6, 6.07) is 21.1. The first-order valence-electron chi connectivity index (χ1n) is 9.46. The summed E-state index contributed by atoms with van der Waals surface area (Å²) >= 11 is 0. The van der Waals surface area contributed by atoms with Gasteiger partial charge in [-0.1, -0.05) is 68.4 Å². The Hall–Kier alpha value is -1.64.